The van der Waals surface area contributed by atoms with Crippen molar-refractivity contribution in [3.05, 3.63) is 64.7 Å². The summed E-state index contributed by atoms with van der Waals surface area (Å²) in [6.07, 6.45) is 0. The maximum atomic E-state index is 8.84. The van der Waals surface area contributed by atoms with Crippen molar-refractivity contribution in [3.8, 4) is 11.8 Å². The molecule has 0 radical (unpaired) electrons. The lowest BCUT2D eigenvalue weighted by Crippen LogP contribution is -2.04. The van der Waals surface area contributed by atoms with Crippen molar-refractivity contribution in [3.63, 3.8) is 0 Å². The van der Waals surface area contributed by atoms with E-state index >= 15 is 0 Å². The van der Waals surface area contributed by atoms with Crippen LogP contribution in [0.2, 0.25) is 0 Å². The van der Waals surface area contributed by atoms with Crippen LogP contribution in [0.1, 0.15) is 22.3 Å². The van der Waals surface area contributed by atoms with Crippen molar-refractivity contribution in [2.75, 3.05) is 7.05 Å². The molecule has 0 heterocycles. The second kappa shape index (κ2) is 6.74. The zero-order valence-corrected chi connectivity index (χ0v) is 11.8. The van der Waals surface area contributed by atoms with Crippen LogP contribution in [0.5, 0.6) is 5.75 Å². The largest absolute Gasteiger partial charge is 0.489 e. The number of nitrogens with one attached hydrogen (secondary N) is 1. The lowest BCUT2D eigenvalue weighted by atomic mass is 10.1. The van der Waals surface area contributed by atoms with Gasteiger partial charge in [-0.05, 0) is 54.9 Å². The Bertz CT molecular complexity index is 612. The normalized spacial score (nSPS) is 10.1. The average Bonchev–Trinajstić information content (AvgIpc) is 2.48. The molecule has 0 bridgehead atoms. The van der Waals surface area contributed by atoms with Gasteiger partial charge in [-0.15, -0.1) is 0 Å². The fourth-order valence-electron chi connectivity index (χ4n) is 2.00. The van der Waals surface area contributed by atoms with Gasteiger partial charge in [-0.25, -0.2) is 0 Å². The third-order valence-corrected chi connectivity index (χ3v) is 3.17. The molecule has 3 heteroatoms. The monoisotopic (exact) mass is 266 g/mol. The minimum Gasteiger partial charge on any atom is -0.489 e. The van der Waals surface area contributed by atoms with Gasteiger partial charge in [0.2, 0.25) is 0 Å². The highest BCUT2D eigenvalue weighted by atomic mass is 16.5. The summed E-state index contributed by atoms with van der Waals surface area (Å²) >= 11 is 0. The highest BCUT2D eigenvalue weighted by Gasteiger charge is 2.02. The summed E-state index contributed by atoms with van der Waals surface area (Å²) in [6, 6.07) is 15.9. The zero-order chi connectivity index (χ0) is 14.4. The second-order valence-electron chi connectivity index (χ2n) is 4.72. The van der Waals surface area contributed by atoms with Crippen molar-refractivity contribution >= 4 is 0 Å². The van der Waals surface area contributed by atoms with E-state index in [1.54, 1.807) is 0 Å². The molecule has 0 aromatic heterocycles. The number of nitriles is 1. The first kappa shape index (κ1) is 14.1. The second-order valence-corrected chi connectivity index (χ2v) is 4.72. The summed E-state index contributed by atoms with van der Waals surface area (Å²) in [7, 11) is 1.93. The number of benzene rings is 2. The van der Waals surface area contributed by atoms with Gasteiger partial charge in [-0.1, -0.05) is 18.2 Å². The Morgan fingerprint density at radius 1 is 1.15 bits per heavy atom. The third kappa shape index (κ3) is 3.59. The van der Waals surface area contributed by atoms with Gasteiger partial charge in [0, 0.05) is 6.54 Å². The van der Waals surface area contributed by atoms with Crippen molar-refractivity contribution < 1.29 is 4.74 Å². The zero-order valence-electron chi connectivity index (χ0n) is 11.8. The van der Waals surface area contributed by atoms with E-state index in [0.29, 0.717) is 12.2 Å². The van der Waals surface area contributed by atoms with E-state index in [1.807, 2.05) is 44.3 Å². The fraction of sp³-hybridized carbons (Fsp3) is 0.235. The first-order valence-corrected chi connectivity index (χ1v) is 6.59. The molecule has 0 aliphatic rings. The molecule has 0 spiro atoms. The molecular weight excluding hydrogens is 248 g/mol. The molecule has 3 nitrogen and oxygen atoms in total. The van der Waals surface area contributed by atoms with Crippen LogP contribution in [-0.2, 0) is 13.2 Å². The number of hydrogen-bond donors (Lipinski definition) is 1. The Labute approximate surface area is 119 Å². The van der Waals surface area contributed by atoms with E-state index in [4.69, 9.17) is 10.00 Å². The molecule has 2 rings (SSSR count). The quantitative estimate of drug-likeness (QED) is 0.904. The number of hydrogen-bond acceptors (Lipinski definition) is 3. The van der Waals surface area contributed by atoms with Gasteiger partial charge in [-0.2, -0.15) is 5.26 Å². The Morgan fingerprint density at radius 3 is 2.50 bits per heavy atom. The van der Waals surface area contributed by atoms with Crippen molar-refractivity contribution in [2.45, 2.75) is 20.1 Å². The molecule has 0 fully saturated rings. The molecule has 0 aliphatic heterocycles. The molecule has 0 atom stereocenters. The molecule has 0 aliphatic carbocycles. The van der Waals surface area contributed by atoms with Gasteiger partial charge in [0.15, 0.2) is 0 Å². The molecule has 102 valence electrons. The maximum Gasteiger partial charge on any atom is 0.119 e. The minimum atomic E-state index is 0.517. The topological polar surface area (TPSA) is 45.0 Å². The van der Waals surface area contributed by atoms with Gasteiger partial charge < -0.3 is 10.1 Å². The standard InChI is InChI=1S/C17H18N2O/c1-13-9-15(10-18)3-6-16(13)12-20-17-7-4-14(5-8-17)11-19-2/h3-9,19H,11-12H2,1-2H3. The summed E-state index contributed by atoms with van der Waals surface area (Å²) in [4.78, 5) is 0. The molecule has 20 heavy (non-hydrogen) atoms. The predicted octanol–water partition coefficient (Wildman–Crippen LogP) is 3.17. The van der Waals surface area contributed by atoms with Crippen LogP contribution in [0.3, 0.4) is 0 Å². The summed E-state index contributed by atoms with van der Waals surface area (Å²) in [5.41, 5.74) is 4.09. The first-order chi connectivity index (χ1) is 9.72. The van der Waals surface area contributed by atoms with E-state index in [1.165, 1.54) is 5.56 Å². The van der Waals surface area contributed by atoms with Crippen LogP contribution < -0.4 is 10.1 Å². The maximum absolute atomic E-state index is 8.84. The Balaban J connectivity index is 2.00. The summed E-state index contributed by atoms with van der Waals surface area (Å²) in [6.45, 7) is 3.37. The van der Waals surface area contributed by atoms with E-state index in [0.717, 1.165) is 23.4 Å². The van der Waals surface area contributed by atoms with E-state index in [9.17, 15) is 0 Å². The molecule has 2 aromatic carbocycles. The Hall–Kier alpha value is -2.31. The number of ether oxygens (including phenoxy) is 1. The highest BCUT2D eigenvalue weighted by molar-refractivity contribution is 5.37. The smallest absolute Gasteiger partial charge is 0.119 e. The van der Waals surface area contributed by atoms with Crippen molar-refractivity contribution in [1.29, 1.82) is 5.26 Å². The van der Waals surface area contributed by atoms with Crippen LogP contribution in [0.15, 0.2) is 42.5 Å². The molecule has 0 amide bonds. The van der Waals surface area contributed by atoms with Crippen LogP contribution in [-0.4, -0.2) is 7.05 Å². The van der Waals surface area contributed by atoms with E-state index < -0.39 is 0 Å². The van der Waals surface area contributed by atoms with E-state index in [-0.39, 0.29) is 0 Å². The van der Waals surface area contributed by atoms with Gasteiger partial charge in [-0.3, -0.25) is 0 Å². The lowest BCUT2D eigenvalue weighted by Gasteiger charge is -2.09. The molecule has 0 saturated carbocycles. The summed E-state index contributed by atoms with van der Waals surface area (Å²) < 4.78 is 5.78. The SMILES string of the molecule is CNCc1ccc(OCc2ccc(C#N)cc2C)cc1. The van der Waals surface area contributed by atoms with E-state index in [2.05, 4.69) is 23.5 Å². The average molecular weight is 266 g/mol. The predicted molar refractivity (Wildman–Crippen MR) is 79.4 cm³/mol. The third-order valence-electron chi connectivity index (χ3n) is 3.17. The van der Waals surface area contributed by atoms with Crippen molar-refractivity contribution in [2.24, 2.45) is 0 Å². The van der Waals surface area contributed by atoms with Gasteiger partial charge in [0.05, 0.1) is 11.6 Å². The molecule has 1 N–H and O–H groups in total. The number of aryl methyl sites for hydroxylation is 1. The molecule has 0 unspecified atom stereocenters. The summed E-state index contributed by atoms with van der Waals surface area (Å²) in [5, 5.41) is 12.0. The Kier molecular flexibility index (Phi) is 4.75. The molecule has 0 saturated heterocycles. The Morgan fingerprint density at radius 2 is 1.90 bits per heavy atom. The highest BCUT2D eigenvalue weighted by Crippen LogP contribution is 2.16. The van der Waals surface area contributed by atoms with Crippen molar-refractivity contribution in [1.82, 2.24) is 5.32 Å². The number of nitrogens with zero attached hydrogens (tertiary/aromatic N) is 1. The van der Waals surface area contributed by atoms with Gasteiger partial charge in [0.25, 0.3) is 0 Å². The molecular formula is C17H18N2O. The minimum absolute atomic E-state index is 0.517. The van der Waals surface area contributed by atoms with Crippen LogP contribution in [0.25, 0.3) is 0 Å². The number of rotatable bonds is 5. The van der Waals surface area contributed by atoms with Crippen LogP contribution in [0, 0.1) is 18.3 Å². The van der Waals surface area contributed by atoms with Gasteiger partial charge in [0.1, 0.15) is 12.4 Å². The summed E-state index contributed by atoms with van der Waals surface area (Å²) in [5.74, 6) is 0.855. The molecule has 2 aromatic rings. The fourth-order valence-corrected chi connectivity index (χ4v) is 2.00. The first-order valence-electron chi connectivity index (χ1n) is 6.59. The van der Waals surface area contributed by atoms with Gasteiger partial charge >= 0.3 is 0 Å². The lowest BCUT2D eigenvalue weighted by molar-refractivity contribution is 0.305. The van der Waals surface area contributed by atoms with Crippen LogP contribution in [0.4, 0.5) is 0 Å². The van der Waals surface area contributed by atoms with Crippen LogP contribution >= 0.6 is 0 Å².